The Morgan fingerprint density at radius 1 is 1.32 bits per heavy atom. The maximum absolute atomic E-state index is 12.0. The molecular weight excluding hydrogens is 408 g/mol. The number of benzene rings is 1. The summed E-state index contributed by atoms with van der Waals surface area (Å²) in [5.74, 6) is -0.315. The van der Waals surface area contributed by atoms with Crippen molar-refractivity contribution in [1.29, 1.82) is 0 Å². The summed E-state index contributed by atoms with van der Waals surface area (Å²) in [4.78, 5) is 21.0. The Kier molecular flexibility index (Phi) is 7.58. The van der Waals surface area contributed by atoms with Crippen LogP contribution in [-0.4, -0.2) is 65.0 Å². The van der Waals surface area contributed by atoms with Gasteiger partial charge in [-0.2, -0.15) is 0 Å². The highest BCUT2D eigenvalue weighted by atomic mass is 32.2. The number of nitrogens with two attached hydrogens (primary N) is 1. The fourth-order valence-corrected chi connectivity index (χ4v) is 5.76. The first kappa shape index (κ1) is 22.2. The first-order chi connectivity index (χ1) is 15.2. The number of hydrogen-bond acceptors (Lipinski definition) is 5. The minimum absolute atomic E-state index is 0.248. The number of fused-ring (bicyclic) bond motifs is 1. The molecule has 0 aliphatic carbocycles. The number of unbranched alkanes of at least 4 members (excludes halogenated alkanes) is 1. The zero-order valence-corrected chi connectivity index (χ0v) is 19.2. The molecule has 1 saturated heterocycles. The number of para-hydroxylation sites is 1. The Morgan fingerprint density at radius 2 is 2.13 bits per heavy atom. The molecule has 3 N–H and O–H groups in total. The highest BCUT2D eigenvalue weighted by Gasteiger charge is 2.33. The molecule has 31 heavy (non-hydrogen) atoms. The van der Waals surface area contributed by atoms with Crippen molar-refractivity contribution in [2.75, 3.05) is 32.8 Å². The lowest BCUT2D eigenvalue weighted by Crippen LogP contribution is -2.41. The molecule has 168 valence electrons. The van der Waals surface area contributed by atoms with E-state index in [1.54, 1.807) is 11.8 Å². The van der Waals surface area contributed by atoms with Gasteiger partial charge < -0.3 is 20.4 Å². The minimum Gasteiger partial charge on any atom is -0.379 e. The first-order valence-corrected chi connectivity index (χ1v) is 12.3. The number of ether oxygens (including phenoxy) is 1. The van der Waals surface area contributed by atoms with E-state index >= 15 is 0 Å². The SMILES string of the molecule is CCCCC(Cc1c[nH]c2ccccc12)N1C=C(C(N)=O)SC1CCN1CCOCC1. The third-order valence-corrected chi connectivity index (χ3v) is 7.66. The number of carbonyl (C=O) groups is 1. The average molecular weight is 443 g/mol. The number of primary amides is 1. The number of aromatic amines is 1. The van der Waals surface area contributed by atoms with Gasteiger partial charge in [0.25, 0.3) is 5.91 Å². The summed E-state index contributed by atoms with van der Waals surface area (Å²) in [5.41, 5.74) is 8.21. The number of rotatable bonds is 10. The highest BCUT2D eigenvalue weighted by Crippen LogP contribution is 2.38. The zero-order chi connectivity index (χ0) is 21.6. The van der Waals surface area contributed by atoms with Crippen molar-refractivity contribution < 1.29 is 9.53 Å². The standard InChI is InChI=1S/C24H34N4O2S/c1-2-3-6-19(15-18-16-26-21-8-5-4-7-20(18)21)28-17-22(24(25)29)31-23(28)9-10-27-11-13-30-14-12-27/h4-5,7-8,16-17,19,23,26H,2-3,6,9-15H2,1H3,(H2,25,29). The fourth-order valence-electron chi connectivity index (χ4n) is 4.60. The van der Waals surface area contributed by atoms with Gasteiger partial charge in [-0.05, 0) is 30.9 Å². The average Bonchev–Trinajstić information content (AvgIpc) is 3.40. The van der Waals surface area contributed by atoms with Gasteiger partial charge in [0, 0.05) is 49.0 Å². The van der Waals surface area contributed by atoms with Crippen molar-refractivity contribution in [2.24, 2.45) is 5.73 Å². The summed E-state index contributed by atoms with van der Waals surface area (Å²) in [6, 6.07) is 8.83. The van der Waals surface area contributed by atoms with E-state index in [9.17, 15) is 4.79 Å². The van der Waals surface area contributed by atoms with Gasteiger partial charge in [-0.15, -0.1) is 0 Å². The second-order valence-corrected chi connectivity index (χ2v) is 9.70. The lowest BCUT2D eigenvalue weighted by atomic mass is 9.99. The smallest absolute Gasteiger partial charge is 0.256 e. The maximum atomic E-state index is 12.0. The molecule has 3 heterocycles. The van der Waals surface area contributed by atoms with Crippen LogP contribution in [0.5, 0.6) is 0 Å². The Balaban J connectivity index is 1.52. The number of H-pyrrole nitrogens is 1. The van der Waals surface area contributed by atoms with Crippen molar-refractivity contribution in [1.82, 2.24) is 14.8 Å². The van der Waals surface area contributed by atoms with Gasteiger partial charge in [0.2, 0.25) is 0 Å². The zero-order valence-electron chi connectivity index (χ0n) is 18.4. The number of amides is 1. The lowest BCUT2D eigenvalue weighted by Gasteiger charge is -2.35. The summed E-state index contributed by atoms with van der Waals surface area (Å²) in [5, 5.41) is 1.54. The quantitative estimate of drug-likeness (QED) is 0.587. The molecule has 2 aliphatic rings. The third-order valence-electron chi connectivity index (χ3n) is 6.34. The molecule has 0 radical (unpaired) electrons. The van der Waals surface area contributed by atoms with Gasteiger partial charge in [0.1, 0.15) is 0 Å². The van der Waals surface area contributed by atoms with Crippen molar-refractivity contribution in [3.8, 4) is 0 Å². The number of nitrogens with zero attached hydrogens (tertiary/aromatic N) is 2. The molecule has 2 atom stereocenters. The topological polar surface area (TPSA) is 74.6 Å². The van der Waals surface area contributed by atoms with Gasteiger partial charge >= 0.3 is 0 Å². The van der Waals surface area contributed by atoms with E-state index in [4.69, 9.17) is 10.5 Å². The van der Waals surface area contributed by atoms with Crippen molar-refractivity contribution in [3.05, 3.63) is 47.1 Å². The lowest BCUT2D eigenvalue weighted by molar-refractivity contribution is -0.113. The van der Waals surface area contributed by atoms with Crippen molar-refractivity contribution >= 4 is 28.6 Å². The van der Waals surface area contributed by atoms with Crippen LogP contribution >= 0.6 is 11.8 Å². The molecule has 1 aromatic carbocycles. The van der Waals surface area contributed by atoms with Gasteiger partial charge in [-0.1, -0.05) is 49.7 Å². The molecule has 1 aromatic heterocycles. The summed E-state index contributed by atoms with van der Waals surface area (Å²) in [6.45, 7) is 6.86. The van der Waals surface area contributed by atoms with Crippen molar-refractivity contribution in [3.63, 3.8) is 0 Å². The van der Waals surface area contributed by atoms with Crippen LogP contribution in [0.3, 0.4) is 0 Å². The summed E-state index contributed by atoms with van der Waals surface area (Å²) >= 11 is 1.64. The van der Waals surface area contributed by atoms with Gasteiger partial charge in [0.15, 0.2) is 0 Å². The molecule has 0 saturated carbocycles. The van der Waals surface area contributed by atoms with Gasteiger partial charge in [-0.3, -0.25) is 9.69 Å². The highest BCUT2D eigenvalue weighted by molar-refractivity contribution is 8.04. The number of morpholine rings is 1. The van der Waals surface area contributed by atoms with Crippen LogP contribution < -0.4 is 5.73 Å². The Labute approximate surface area is 189 Å². The third kappa shape index (κ3) is 5.45. The van der Waals surface area contributed by atoms with Crippen molar-refractivity contribution in [2.45, 2.75) is 50.4 Å². The van der Waals surface area contributed by atoms with E-state index in [1.165, 1.54) is 22.9 Å². The fraction of sp³-hybridized carbons (Fsp3) is 0.542. The predicted octanol–water partition coefficient (Wildman–Crippen LogP) is 3.69. The van der Waals surface area contributed by atoms with Gasteiger partial charge in [-0.25, -0.2) is 0 Å². The molecule has 1 fully saturated rings. The van der Waals surface area contributed by atoms with Crippen LogP contribution in [0.2, 0.25) is 0 Å². The second kappa shape index (κ2) is 10.6. The molecule has 7 heteroatoms. The van der Waals surface area contributed by atoms with Gasteiger partial charge in [0.05, 0.1) is 23.5 Å². The first-order valence-electron chi connectivity index (χ1n) is 11.5. The molecule has 0 spiro atoms. The molecule has 1 amide bonds. The van der Waals surface area contributed by atoms with Crippen LogP contribution in [0.15, 0.2) is 41.6 Å². The number of aromatic nitrogens is 1. The molecule has 0 bridgehead atoms. The number of nitrogens with one attached hydrogen (secondary N) is 1. The normalized spacial score (nSPS) is 20.9. The summed E-state index contributed by atoms with van der Waals surface area (Å²) in [6.07, 6.45) is 9.59. The number of thioether (sulfide) groups is 1. The maximum Gasteiger partial charge on any atom is 0.256 e. The number of carbonyl (C=O) groups excluding carboxylic acids is 1. The Morgan fingerprint density at radius 3 is 2.90 bits per heavy atom. The van der Waals surface area contributed by atoms with Crippen LogP contribution in [0, 0.1) is 0 Å². The van der Waals surface area contributed by atoms with E-state index in [1.807, 2.05) is 6.20 Å². The van der Waals surface area contributed by atoms with Crippen LogP contribution in [0.25, 0.3) is 10.9 Å². The van der Waals surface area contributed by atoms with E-state index < -0.39 is 0 Å². The Bertz CT molecular complexity index is 906. The molecule has 2 unspecified atom stereocenters. The molecule has 6 nitrogen and oxygen atoms in total. The van der Waals surface area contributed by atoms with E-state index in [0.717, 1.165) is 58.5 Å². The van der Waals surface area contributed by atoms with Crippen LogP contribution in [0.4, 0.5) is 0 Å². The number of hydrogen-bond donors (Lipinski definition) is 2. The Hall–Kier alpha value is -1.96. The largest absolute Gasteiger partial charge is 0.379 e. The second-order valence-electron chi connectivity index (χ2n) is 8.48. The minimum atomic E-state index is -0.315. The molecule has 2 aliphatic heterocycles. The van der Waals surface area contributed by atoms with E-state index in [-0.39, 0.29) is 11.3 Å². The van der Waals surface area contributed by atoms with Crippen LogP contribution in [0.1, 0.15) is 38.2 Å². The molecular formula is C24H34N4O2S. The van der Waals surface area contributed by atoms with E-state index in [2.05, 4.69) is 52.2 Å². The summed E-state index contributed by atoms with van der Waals surface area (Å²) < 4.78 is 5.49. The van der Waals surface area contributed by atoms with Crippen LogP contribution in [-0.2, 0) is 16.0 Å². The van der Waals surface area contributed by atoms with E-state index in [0.29, 0.717) is 10.9 Å². The predicted molar refractivity (Wildman–Crippen MR) is 128 cm³/mol. The monoisotopic (exact) mass is 442 g/mol. The molecule has 2 aromatic rings. The molecule has 4 rings (SSSR count). The summed E-state index contributed by atoms with van der Waals surface area (Å²) in [7, 11) is 0.